The second-order valence-corrected chi connectivity index (χ2v) is 3.91. The lowest BCUT2D eigenvalue weighted by Crippen LogP contribution is -2.28. The number of piperidine rings is 1. The molecule has 3 atom stereocenters. The van der Waals surface area contributed by atoms with Crippen LogP contribution < -0.4 is 0 Å². The van der Waals surface area contributed by atoms with Crippen molar-refractivity contribution in [1.29, 1.82) is 0 Å². The number of nitrogens with zero attached hydrogens (tertiary/aromatic N) is 1. The largest absolute Gasteiger partial charge is 0.376 e. The number of hydrogen-bond donors (Lipinski definition) is 0. The number of rotatable bonds is 3. The van der Waals surface area contributed by atoms with Gasteiger partial charge >= 0.3 is 0 Å². The molecule has 2 nitrogen and oxygen atoms in total. The minimum atomic E-state index is 0.185. The van der Waals surface area contributed by atoms with Crippen LogP contribution in [-0.2, 0) is 4.74 Å². The van der Waals surface area contributed by atoms with E-state index in [1.165, 1.54) is 25.1 Å². The van der Waals surface area contributed by atoms with Gasteiger partial charge in [-0.05, 0) is 25.7 Å². The molecule has 1 aliphatic heterocycles. The third-order valence-electron chi connectivity index (χ3n) is 3.22. The normalized spacial score (nSPS) is 34.7. The highest BCUT2D eigenvalue weighted by Crippen LogP contribution is 2.46. The van der Waals surface area contributed by atoms with E-state index in [-0.39, 0.29) is 6.10 Å². The molecule has 12 heavy (non-hydrogen) atoms. The summed E-state index contributed by atoms with van der Waals surface area (Å²) in [5.74, 6) is 0.978. The molecule has 2 rings (SSSR count). The molecular weight excluding hydrogens is 150 g/mol. The monoisotopic (exact) mass is 167 g/mol. The van der Waals surface area contributed by atoms with Gasteiger partial charge in [0.2, 0.25) is 0 Å². The first-order valence-corrected chi connectivity index (χ1v) is 4.72. The highest BCUT2D eigenvalue weighted by Gasteiger charge is 2.47. The molecule has 1 aliphatic carbocycles. The smallest absolute Gasteiger partial charge is 0.0933 e. The van der Waals surface area contributed by atoms with E-state index in [1.54, 1.807) is 7.11 Å². The Labute approximate surface area is 74.2 Å². The lowest BCUT2D eigenvalue weighted by Gasteiger charge is -2.26. The second-order valence-electron chi connectivity index (χ2n) is 3.91. The summed E-state index contributed by atoms with van der Waals surface area (Å²) in [4.78, 5) is 2.43. The Morgan fingerprint density at radius 3 is 2.83 bits per heavy atom. The molecule has 1 saturated carbocycles. The summed E-state index contributed by atoms with van der Waals surface area (Å²) in [5.41, 5.74) is 1.17. The second kappa shape index (κ2) is 2.77. The highest BCUT2D eigenvalue weighted by atomic mass is 16.5. The average Bonchev–Trinajstić information content (AvgIpc) is 2.76. The van der Waals surface area contributed by atoms with Gasteiger partial charge in [-0.25, -0.2) is 0 Å². The van der Waals surface area contributed by atoms with Crippen LogP contribution in [0.2, 0.25) is 0 Å². The van der Waals surface area contributed by atoms with Crippen LogP contribution in [0.25, 0.3) is 0 Å². The van der Waals surface area contributed by atoms with Gasteiger partial charge in [-0.3, -0.25) is 0 Å². The fourth-order valence-corrected chi connectivity index (χ4v) is 2.12. The van der Waals surface area contributed by atoms with Gasteiger partial charge in [0.05, 0.1) is 6.10 Å². The molecule has 0 aromatic carbocycles. The van der Waals surface area contributed by atoms with Crippen molar-refractivity contribution < 1.29 is 4.74 Å². The first kappa shape index (κ1) is 8.11. The molecule has 0 bridgehead atoms. The van der Waals surface area contributed by atoms with Gasteiger partial charge in [-0.15, -0.1) is 0 Å². The average molecular weight is 167 g/mol. The molecule has 0 aromatic heterocycles. The van der Waals surface area contributed by atoms with Crippen molar-refractivity contribution in [3.8, 4) is 0 Å². The van der Waals surface area contributed by atoms with Gasteiger partial charge in [0.15, 0.2) is 0 Å². The Morgan fingerprint density at radius 2 is 2.42 bits per heavy atom. The number of fused-ring (bicyclic) bond motifs is 1. The van der Waals surface area contributed by atoms with Crippen molar-refractivity contribution in [3.05, 3.63) is 12.3 Å². The van der Waals surface area contributed by atoms with Crippen molar-refractivity contribution in [1.82, 2.24) is 4.90 Å². The molecule has 0 N–H and O–H groups in total. The van der Waals surface area contributed by atoms with Crippen LogP contribution in [0.15, 0.2) is 12.3 Å². The molecule has 2 fully saturated rings. The van der Waals surface area contributed by atoms with Crippen LogP contribution in [0.4, 0.5) is 0 Å². The minimum absolute atomic E-state index is 0.185. The van der Waals surface area contributed by atoms with E-state index >= 15 is 0 Å². The lowest BCUT2D eigenvalue weighted by atomic mass is 10.2. The molecule has 2 heteroatoms. The van der Waals surface area contributed by atoms with Crippen molar-refractivity contribution in [2.75, 3.05) is 13.7 Å². The predicted octanol–water partition coefficient (Wildman–Crippen LogP) is 1.63. The van der Waals surface area contributed by atoms with Crippen molar-refractivity contribution in [2.45, 2.75) is 31.9 Å². The maximum atomic E-state index is 5.25. The molecule has 2 aliphatic rings. The van der Waals surface area contributed by atoms with Crippen LogP contribution in [0.5, 0.6) is 0 Å². The van der Waals surface area contributed by atoms with Crippen molar-refractivity contribution in [3.63, 3.8) is 0 Å². The Kier molecular flexibility index (Phi) is 1.87. The van der Waals surface area contributed by atoms with E-state index < -0.39 is 0 Å². The summed E-state index contributed by atoms with van der Waals surface area (Å²) in [6, 6.07) is 0.815. The van der Waals surface area contributed by atoms with Crippen LogP contribution in [0.3, 0.4) is 0 Å². The molecule has 1 saturated heterocycles. The van der Waals surface area contributed by atoms with E-state index in [1.807, 2.05) is 0 Å². The standard InChI is InChI=1S/C10H17NO/c1-7(8(2)12-3)11-5-4-9-6-10(9)11/h8-10H,1,4-6H2,2-3H3/t8-,9?,10?/m0/s1. The Balaban J connectivity index is 1.95. The summed E-state index contributed by atoms with van der Waals surface area (Å²) in [7, 11) is 1.75. The summed E-state index contributed by atoms with van der Waals surface area (Å²) < 4.78 is 5.25. The highest BCUT2D eigenvalue weighted by molar-refractivity contribution is 5.12. The third-order valence-corrected chi connectivity index (χ3v) is 3.22. The Morgan fingerprint density at radius 1 is 1.67 bits per heavy atom. The van der Waals surface area contributed by atoms with Gasteiger partial charge < -0.3 is 9.64 Å². The van der Waals surface area contributed by atoms with Crippen molar-refractivity contribution in [2.24, 2.45) is 5.92 Å². The first-order chi connectivity index (χ1) is 5.74. The van der Waals surface area contributed by atoms with E-state index in [0.717, 1.165) is 12.0 Å². The van der Waals surface area contributed by atoms with E-state index in [4.69, 9.17) is 4.74 Å². The molecule has 0 radical (unpaired) electrons. The maximum absolute atomic E-state index is 5.25. The van der Waals surface area contributed by atoms with Crippen LogP contribution >= 0.6 is 0 Å². The zero-order chi connectivity index (χ0) is 8.72. The Bertz CT molecular complexity index is 202. The molecule has 68 valence electrons. The molecule has 0 amide bonds. The van der Waals surface area contributed by atoms with Crippen LogP contribution in [-0.4, -0.2) is 30.7 Å². The van der Waals surface area contributed by atoms with Gasteiger partial charge in [0, 0.05) is 25.4 Å². The van der Waals surface area contributed by atoms with Crippen LogP contribution in [0, 0.1) is 5.92 Å². The summed E-state index contributed by atoms with van der Waals surface area (Å²) in [6.45, 7) is 7.35. The zero-order valence-electron chi connectivity index (χ0n) is 7.92. The summed E-state index contributed by atoms with van der Waals surface area (Å²) in [6.07, 6.45) is 2.93. The van der Waals surface area contributed by atoms with Crippen molar-refractivity contribution >= 4 is 0 Å². The van der Waals surface area contributed by atoms with Gasteiger partial charge in [-0.1, -0.05) is 6.58 Å². The summed E-state index contributed by atoms with van der Waals surface area (Å²) >= 11 is 0. The molecule has 1 heterocycles. The van der Waals surface area contributed by atoms with E-state index in [9.17, 15) is 0 Å². The number of hydrogen-bond acceptors (Lipinski definition) is 2. The zero-order valence-corrected chi connectivity index (χ0v) is 7.92. The Hall–Kier alpha value is -0.500. The van der Waals surface area contributed by atoms with Gasteiger partial charge in [0.25, 0.3) is 0 Å². The first-order valence-electron chi connectivity index (χ1n) is 4.72. The SMILES string of the molecule is C=C([C@H](C)OC)N1CCC2CC21. The molecular formula is C10H17NO. The maximum Gasteiger partial charge on any atom is 0.0933 e. The lowest BCUT2D eigenvalue weighted by molar-refractivity contribution is 0.118. The third kappa shape index (κ3) is 1.14. The minimum Gasteiger partial charge on any atom is -0.376 e. The van der Waals surface area contributed by atoms with Crippen LogP contribution in [0.1, 0.15) is 19.8 Å². The predicted molar refractivity (Wildman–Crippen MR) is 48.8 cm³/mol. The molecule has 2 unspecified atom stereocenters. The quantitative estimate of drug-likeness (QED) is 0.633. The van der Waals surface area contributed by atoms with Gasteiger partial charge in [0.1, 0.15) is 0 Å². The number of likely N-dealkylation sites (tertiary alicyclic amines) is 1. The van der Waals surface area contributed by atoms with Gasteiger partial charge in [-0.2, -0.15) is 0 Å². The summed E-state index contributed by atoms with van der Waals surface area (Å²) in [5, 5.41) is 0. The number of methoxy groups -OCH3 is 1. The molecule has 0 aromatic rings. The van der Waals surface area contributed by atoms with E-state index in [2.05, 4.69) is 18.4 Å². The fraction of sp³-hybridized carbons (Fsp3) is 0.800. The molecule has 0 spiro atoms. The number of ether oxygens (including phenoxy) is 1. The fourth-order valence-electron chi connectivity index (χ4n) is 2.12. The topological polar surface area (TPSA) is 12.5 Å². The van der Waals surface area contributed by atoms with E-state index in [0.29, 0.717) is 0 Å².